The summed E-state index contributed by atoms with van der Waals surface area (Å²) in [6, 6.07) is 7.51. The van der Waals surface area contributed by atoms with Crippen molar-refractivity contribution in [2.24, 2.45) is 5.73 Å². The number of nitrogens with one attached hydrogen (secondary N) is 1. The summed E-state index contributed by atoms with van der Waals surface area (Å²) >= 11 is 0. The molecular weight excluding hydrogens is 268 g/mol. The van der Waals surface area contributed by atoms with E-state index in [4.69, 9.17) is 14.9 Å². The second-order valence-electron chi connectivity index (χ2n) is 5.63. The first-order chi connectivity index (χ1) is 9.96. The first-order valence-electron chi connectivity index (χ1n) is 7.11. The maximum absolute atomic E-state index is 12.0. The van der Waals surface area contributed by atoms with Gasteiger partial charge in [-0.25, -0.2) is 0 Å². The Labute approximate surface area is 124 Å². The predicted octanol–water partition coefficient (Wildman–Crippen LogP) is 2.58. The molecule has 0 spiro atoms. The van der Waals surface area contributed by atoms with E-state index in [2.05, 4.69) is 5.32 Å². The minimum absolute atomic E-state index is 0.0556. The van der Waals surface area contributed by atoms with Gasteiger partial charge in [-0.2, -0.15) is 0 Å². The molecule has 0 saturated heterocycles. The molecule has 2 rings (SSSR count). The molecule has 0 aliphatic heterocycles. The quantitative estimate of drug-likeness (QED) is 0.857. The largest absolute Gasteiger partial charge is 0.479 e. The molecule has 0 bridgehead atoms. The number of carbonyl (C=O) groups excluding carboxylic acids is 1. The maximum Gasteiger partial charge on any atom is 0.258 e. The molecule has 1 aromatic heterocycles. The number of rotatable bonds is 6. The summed E-state index contributed by atoms with van der Waals surface area (Å²) in [7, 11) is 0. The normalized spacial score (nSPS) is 11.6. The van der Waals surface area contributed by atoms with Crippen molar-refractivity contribution in [2.45, 2.75) is 39.3 Å². The van der Waals surface area contributed by atoms with E-state index in [1.165, 1.54) is 0 Å². The van der Waals surface area contributed by atoms with Gasteiger partial charge in [-0.05, 0) is 32.4 Å². The average molecular weight is 290 g/mol. The van der Waals surface area contributed by atoms with Crippen LogP contribution in [0.2, 0.25) is 0 Å². The summed E-state index contributed by atoms with van der Waals surface area (Å²) in [5.41, 5.74) is 6.14. The minimum Gasteiger partial charge on any atom is -0.479 e. The Bertz CT molecular complexity index is 631. The molecule has 5 nitrogen and oxygen atoms in total. The standard InChI is InChI=1S/C16H22N2O3/c1-4-16(2,3)18-14(19)10-20-15-11-7-5-6-8-12(11)21-13(15)9-17/h5-8H,4,9-10,17H2,1-3H3,(H,18,19). The smallest absolute Gasteiger partial charge is 0.258 e. The van der Waals surface area contributed by atoms with Gasteiger partial charge in [0.2, 0.25) is 0 Å². The lowest BCUT2D eigenvalue weighted by atomic mass is 10.0. The average Bonchev–Trinajstić information content (AvgIpc) is 2.82. The summed E-state index contributed by atoms with van der Waals surface area (Å²) in [5.74, 6) is 0.950. The van der Waals surface area contributed by atoms with Crippen LogP contribution in [0.4, 0.5) is 0 Å². The molecule has 114 valence electrons. The van der Waals surface area contributed by atoms with Crippen LogP contribution in [0.25, 0.3) is 11.0 Å². The van der Waals surface area contributed by atoms with Gasteiger partial charge in [0.15, 0.2) is 18.1 Å². The van der Waals surface area contributed by atoms with Gasteiger partial charge in [-0.3, -0.25) is 4.79 Å². The lowest BCUT2D eigenvalue weighted by molar-refractivity contribution is -0.124. The van der Waals surface area contributed by atoms with Gasteiger partial charge in [0, 0.05) is 5.54 Å². The molecular formula is C16H22N2O3. The number of hydrogen-bond donors (Lipinski definition) is 2. The fourth-order valence-corrected chi connectivity index (χ4v) is 2.00. The first-order valence-corrected chi connectivity index (χ1v) is 7.11. The number of ether oxygens (including phenoxy) is 1. The van der Waals surface area contributed by atoms with Crippen LogP contribution in [-0.2, 0) is 11.3 Å². The molecule has 0 fully saturated rings. The molecule has 3 N–H and O–H groups in total. The van der Waals surface area contributed by atoms with Crippen LogP contribution in [0, 0.1) is 0 Å². The monoisotopic (exact) mass is 290 g/mol. The zero-order valence-corrected chi connectivity index (χ0v) is 12.7. The molecule has 5 heteroatoms. The lowest BCUT2D eigenvalue weighted by Gasteiger charge is -2.24. The van der Waals surface area contributed by atoms with Gasteiger partial charge in [-0.1, -0.05) is 19.1 Å². The van der Waals surface area contributed by atoms with Crippen molar-refractivity contribution < 1.29 is 13.9 Å². The van der Waals surface area contributed by atoms with E-state index in [0.717, 1.165) is 11.8 Å². The van der Waals surface area contributed by atoms with E-state index >= 15 is 0 Å². The summed E-state index contributed by atoms with van der Waals surface area (Å²) < 4.78 is 11.3. The summed E-state index contributed by atoms with van der Waals surface area (Å²) in [6.07, 6.45) is 0.849. The first kappa shape index (κ1) is 15.4. The van der Waals surface area contributed by atoms with Crippen LogP contribution in [-0.4, -0.2) is 18.1 Å². The van der Waals surface area contributed by atoms with E-state index in [1.54, 1.807) is 0 Å². The fraction of sp³-hybridized carbons (Fsp3) is 0.438. The van der Waals surface area contributed by atoms with Gasteiger partial charge >= 0.3 is 0 Å². The Kier molecular flexibility index (Phi) is 4.53. The van der Waals surface area contributed by atoms with Crippen LogP contribution in [0.3, 0.4) is 0 Å². The third kappa shape index (κ3) is 3.55. The SMILES string of the molecule is CCC(C)(C)NC(=O)COc1c(CN)oc2ccccc12. The Morgan fingerprint density at radius 2 is 2.10 bits per heavy atom. The van der Waals surface area contributed by atoms with Crippen LogP contribution < -0.4 is 15.8 Å². The Morgan fingerprint density at radius 1 is 1.38 bits per heavy atom. The molecule has 2 aromatic rings. The minimum atomic E-state index is -0.240. The molecule has 1 aromatic carbocycles. The molecule has 0 aliphatic rings. The van der Waals surface area contributed by atoms with Gasteiger partial charge < -0.3 is 20.2 Å². The van der Waals surface area contributed by atoms with Crippen LogP contribution in [0.1, 0.15) is 33.0 Å². The second kappa shape index (κ2) is 6.18. The van der Waals surface area contributed by atoms with Crippen molar-refractivity contribution in [1.82, 2.24) is 5.32 Å². The molecule has 1 amide bonds. The highest BCUT2D eigenvalue weighted by Gasteiger charge is 2.20. The number of nitrogens with two attached hydrogens (primary N) is 1. The van der Waals surface area contributed by atoms with Gasteiger partial charge in [0.1, 0.15) is 5.58 Å². The number of benzene rings is 1. The molecule has 21 heavy (non-hydrogen) atoms. The third-order valence-corrected chi connectivity index (χ3v) is 3.51. The van der Waals surface area contributed by atoms with Crippen molar-refractivity contribution in [3.8, 4) is 5.75 Å². The molecule has 0 atom stereocenters. The Balaban J connectivity index is 2.11. The van der Waals surface area contributed by atoms with Crippen molar-refractivity contribution >= 4 is 16.9 Å². The highest BCUT2D eigenvalue weighted by atomic mass is 16.5. The molecule has 0 radical (unpaired) electrons. The van der Waals surface area contributed by atoms with Crippen LogP contribution in [0.15, 0.2) is 28.7 Å². The van der Waals surface area contributed by atoms with Crippen molar-refractivity contribution in [3.05, 3.63) is 30.0 Å². The summed E-state index contributed by atoms with van der Waals surface area (Å²) in [4.78, 5) is 12.0. The van der Waals surface area contributed by atoms with Gasteiger partial charge in [-0.15, -0.1) is 0 Å². The molecule has 0 unspecified atom stereocenters. The number of para-hydroxylation sites is 1. The maximum atomic E-state index is 12.0. The summed E-state index contributed by atoms with van der Waals surface area (Å²) in [5, 5.41) is 3.76. The molecule has 1 heterocycles. The van der Waals surface area contributed by atoms with Gasteiger partial charge in [0.25, 0.3) is 5.91 Å². The number of furan rings is 1. The number of hydrogen-bond acceptors (Lipinski definition) is 4. The molecule has 0 aliphatic carbocycles. The van der Waals surface area contributed by atoms with Crippen LogP contribution in [0.5, 0.6) is 5.75 Å². The fourth-order valence-electron chi connectivity index (χ4n) is 2.00. The van der Waals surface area contributed by atoms with Crippen molar-refractivity contribution in [2.75, 3.05) is 6.61 Å². The predicted molar refractivity (Wildman–Crippen MR) is 82.1 cm³/mol. The van der Waals surface area contributed by atoms with E-state index in [0.29, 0.717) is 17.1 Å². The topological polar surface area (TPSA) is 77.5 Å². The second-order valence-corrected chi connectivity index (χ2v) is 5.63. The molecule has 0 saturated carbocycles. The third-order valence-electron chi connectivity index (χ3n) is 3.51. The van der Waals surface area contributed by atoms with Gasteiger partial charge in [0.05, 0.1) is 11.9 Å². The zero-order valence-electron chi connectivity index (χ0n) is 12.7. The van der Waals surface area contributed by atoms with E-state index in [1.807, 2.05) is 45.0 Å². The van der Waals surface area contributed by atoms with Crippen molar-refractivity contribution in [1.29, 1.82) is 0 Å². The number of amides is 1. The Morgan fingerprint density at radius 3 is 2.76 bits per heavy atom. The van der Waals surface area contributed by atoms with Crippen molar-refractivity contribution in [3.63, 3.8) is 0 Å². The highest BCUT2D eigenvalue weighted by Crippen LogP contribution is 2.32. The summed E-state index contributed by atoms with van der Waals surface area (Å²) in [6.45, 7) is 6.15. The lowest BCUT2D eigenvalue weighted by Crippen LogP contribution is -2.44. The zero-order chi connectivity index (χ0) is 15.5. The van der Waals surface area contributed by atoms with E-state index in [-0.39, 0.29) is 24.6 Å². The Hall–Kier alpha value is -2.01. The van der Waals surface area contributed by atoms with E-state index in [9.17, 15) is 4.79 Å². The highest BCUT2D eigenvalue weighted by molar-refractivity contribution is 5.86. The number of carbonyl (C=O) groups is 1. The van der Waals surface area contributed by atoms with Crippen LogP contribution >= 0.6 is 0 Å². The number of fused-ring (bicyclic) bond motifs is 1. The van der Waals surface area contributed by atoms with E-state index < -0.39 is 0 Å².